The number of imidazole rings is 1. The summed E-state index contributed by atoms with van der Waals surface area (Å²) in [6.45, 7) is 8.09. The molecule has 10 heteroatoms. The van der Waals surface area contributed by atoms with Crippen LogP contribution in [0.1, 0.15) is 67.5 Å². The number of pyridine rings is 1. The number of carbonyl (C=O) groups is 1. The Morgan fingerprint density at radius 1 is 1.07 bits per heavy atom. The lowest BCUT2D eigenvalue weighted by atomic mass is 10.0. The molecule has 2 aliphatic heterocycles. The fourth-order valence-corrected chi connectivity index (χ4v) is 6.64. The van der Waals surface area contributed by atoms with Crippen molar-refractivity contribution in [1.82, 2.24) is 29.2 Å². The minimum atomic E-state index is -0.197. The van der Waals surface area contributed by atoms with Crippen molar-refractivity contribution in [2.75, 3.05) is 36.9 Å². The zero-order chi connectivity index (χ0) is 28.8. The molecule has 1 aliphatic carbocycles. The molecular formula is C32H40N8O2. The molecular weight excluding hydrogens is 528 g/mol. The third-order valence-electron chi connectivity index (χ3n) is 9.08. The lowest BCUT2D eigenvalue weighted by Crippen LogP contribution is -2.38. The molecule has 0 spiro atoms. The van der Waals surface area contributed by atoms with Crippen molar-refractivity contribution in [2.24, 2.45) is 13.0 Å². The lowest BCUT2D eigenvalue weighted by Gasteiger charge is -2.32. The Morgan fingerprint density at radius 3 is 2.69 bits per heavy atom. The van der Waals surface area contributed by atoms with E-state index >= 15 is 0 Å². The largest absolute Gasteiger partial charge is 0.477 e. The number of carbonyl (C=O) groups excluding carboxylic acids is 1. The molecule has 10 nitrogen and oxygen atoms in total. The van der Waals surface area contributed by atoms with E-state index in [0.717, 1.165) is 73.3 Å². The van der Waals surface area contributed by atoms with Crippen LogP contribution >= 0.6 is 0 Å². The van der Waals surface area contributed by atoms with Gasteiger partial charge >= 0.3 is 0 Å². The van der Waals surface area contributed by atoms with E-state index in [2.05, 4.69) is 50.3 Å². The van der Waals surface area contributed by atoms with E-state index in [-0.39, 0.29) is 11.9 Å². The maximum Gasteiger partial charge on any atom is 0.258 e. The smallest absolute Gasteiger partial charge is 0.258 e. The number of aryl methyl sites for hydroxylation is 2. The first-order valence-corrected chi connectivity index (χ1v) is 15.4. The average molecular weight is 569 g/mol. The summed E-state index contributed by atoms with van der Waals surface area (Å²) < 4.78 is 10.4. The molecule has 3 aliphatic rings. The summed E-state index contributed by atoms with van der Waals surface area (Å²) in [5.74, 6) is 1.64. The minimum Gasteiger partial charge on any atom is -0.477 e. The molecule has 42 heavy (non-hydrogen) atoms. The summed E-state index contributed by atoms with van der Waals surface area (Å²) in [7, 11) is 1.88. The highest BCUT2D eigenvalue weighted by molar-refractivity contribution is 6.05. The highest BCUT2D eigenvalue weighted by Gasteiger charge is 2.35. The van der Waals surface area contributed by atoms with Gasteiger partial charge in [-0.05, 0) is 88.2 Å². The second-order valence-electron chi connectivity index (χ2n) is 12.1. The van der Waals surface area contributed by atoms with Crippen LogP contribution in [0.15, 0.2) is 36.5 Å². The van der Waals surface area contributed by atoms with E-state index in [1.807, 2.05) is 26.1 Å². The Hall–Kier alpha value is -3.92. The van der Waals surface area contributed by atoms with Gasteiger partial charge in [0.2, 0.25) is 11.8 Å². The zero-order valence-electron chi connectivity index (χ0n) is 24.8. The van der Waals surface area contributed by atoms with Gasteiger partial charge < -0.3 is 19.5 Å². The fraction of sp³-hybridized carbons (Fsp3) is 0.500. The number of nitrogens with one attached hydrogen (secondary N) is 2. The molecule has 0 radical (unpaired) electrons. The van der Waals surface area contributed by atoms with E-state index in [1.165, 1.54) is 12.8 Å². The minimum absolute atomic E-state index is 0.197. The molecule has 1 saturated carbocycles. The van der Waals surface area contributed by atoms with Gasteiger partial charge in [-0.25, -0.2) is 9.67 Å². The van der Waals surface area contributed by atoms with Gasteiger partial charge in [-0.3, -0.25) is 15.1 Å². The quantitative estimate of drug-likeness (QED) is 0.339. The predicted molar refractivity (Wildman–Crippen MR) is 164 cm³/mol. The molecule has 5 heterocycles. The van der Waals surface area contributed by atoms with Crippen LogP contribution in [-0.4, -0.2) is 67.4 Å². The predicted octanol–water partition coefficient (Wildman–Crippen LogP) is 5.41. The van der Waals surface area contributed by atoms with Crippen LogP contribution in [0.2, 0.25) is 0 Å². The first kappa shape index (κ1) is 26.9. The van der Waals surface area contributed by atoms with E-state index in [1.54, 1.807) is 10.9 Å². The molecule has 1 unspecified atom stereocenters. The molecule has 3 aromatic heterocycles. The number of amides is 1. The summed E-state index contributed by atoms with van der Waals surface area (Å²) in [6, 6.07) is 10.8. The fourth-order valence-electron chi connectivity index (χ4n) is 6.64. The first-order valence-electron chi connectivity index (χ1n) is 15.4. The van der Waals surface area contributed by atoms with E-state index in [4.69, 9.17) is 14.7 Å². The van der Waals surface area contributed by atoms with Crippen molar-refractivity contribution in [1.29, 1.82) is 0 Å². The topological polar surface area (TPSA) is 102 Å². The van der Waals surface area contributed by atoms with Gasteiger partial charge in [0.15, 0.2) is 0 Å². The Balaban J connectivity index is 1.27. The molecule has 1 amide bonds. The number of hydrogen-bond donors (Lipinski definition) is 2. The summed E-state index contributed by atoms with van der Waals surface area (Å²) in [5.41, 5.74) is 5.82. The third kappa shape index (κ3) is 5.24. The number of likely N-dealkylation sites (tertiary alicyclic amines) is 1. The van der Waals surface area contributed by atoms with E-state index in [0.29, 0.717) is 41.7 Å². The van der Waals surface area contributed by atoms with Gasteiger partial charge in [-0.2, -0.15) is 5.10 Å². The van der Waals surface area contributed by atoms with Gasteiger partial charge in [-0.15, -0.1) is 0 Å². The molecule has 1 atom stereocenters. The summed E-state index contributed by atoms with van der Waals surface area (Å²) in [6.07, 6.45) is 8.22. The molecule has 7 rings (SSSR count). The second kappa shape index (κ2) is 11.1. The molecule has 1 saturated heterocycles. The molecule has 2 N–H and O–H groups in total. The number of anilines is 2. The normalized spacial score (nSPS) is 20.4. The number of aromatic nitrogens is 5. The number of hydrogen-bond acceptors (Lipinski definition) is 7. The van der Waals surface area contributed by atoms with Crippen LogP contribution in [0, 0.1) is 12.8 Å². The standard InChI is InChI=1S/C32H40N8O2/c1-4-39-13-11-23(12-14-39)35-24-9-10-26-29(18-24)40-28(21-7-8-21)6-5-15-42-31-25(19-33-38(31)3)27-17-22(16-20(2)34-27)30(41)37-32(40)36-26/h9-10,16-19,21,23,28,35H,4-8,11-15H2,1-3H3,(H,36,37,41). The molecule has 4 aromatic rings. The first-order chi connectivity index (χ1) is 20.5. The van der Waals surface area contributed by atoms with Crippen LogP contribution in [-0.2, 0) is 7.05 Å². The van der Waals surface area contributed by atoms with Gasteiger partial charge in [0.1, 0.15) is 0 Å². The maximum atomic E-state index is 13.8. The average Bonchev–Trinajstić information content (AvgIpc) is 3.68. The third-order valence-corrected chi connectivity index (χ3v) is 9.08. The Bertz CT molecular complexity index is 1610. The highest BCUT2D eigenvalue weighted by atomic mass is 16.5. The lowest BCUT2D eigenvalue weighted by molar-refractivity contribution is 0.102. The van der Waals surface area contributed by atoms with Crippen LogP contribution in [0.25, 0.3) is 22.3 Å². The number of rotatable bonds is 4. The van der Waals surface area contributed by atoms with Gasteiger partial charge in [0.25, 0.3) is 5.91 Å². The summed E-state index contributed by atoms with van der Waals surface area (Å²) in [5, 5.41) is 11.4. The van der Waals surface area contributed by atoms with Crippen molar-refractivity contribution in [3.8, 4) is 17.1 Å². The summed E-state index contributed by atoms with van der Waals surface area (Å²) in [4.78, 5) is 26.0. The van der Waals surface area contributed by atoms with E-state index in [9.17, 15) is 4.79 Å². The number of piperidine rings is 1. The molecule has 2 fully saturated rings. The highest BCUT2D eigenvalue weighted by Crippen LogP contribution is 2.45. The number of nitrogens with zero attached hydrogens (tertiary/aromatic N) is 6. The van der Waals surface area contributed by atoms with Crippen molar-refractivity contribution in [3.05, 3.63) is 47.8 Å². The summed E-state index contributed by atoms with van der Waals surface area (Å²) >= 11 is 0. The Kier molecular flexibility index (Phi) is 7.09. The van der Waals surface area contributed by atoms with Gasteiger partial charge in [0.05, 0.1) is 35.1 Å². The number of fused-ring (bicyclic) bond motifs is 7. The van der Waals surface area contributed by atoms with Crippen LogP contribution in [0.4, 0.5) is 11.6 Å². The monoisotopic (exact) mass is 568 g/mol. The van der Waals surface area contributed by atoms with Crippen molar-refractivity contribution in [2.45, 2.75) is 64.5 Å². The molecule has 2 bridgehead atoms. The van der Waals surface area contributed by atoms with Crippen molar-refractivity contribution in [3.63, 3.8) is 0 Å². The van der Waals surface area contributed by atoms with Crippen molar-refractivity contribution >= 4 is 28.6 Å². The Labute approximate surface area is 246 Å². The number of benzene rings is 1. The second-order valence-corrected chi connectivity index (χ2v) is 12.1. The van der Waals surface area contributed by atoms with E-state index < -0.39 is 0 Å². The van der Waals surface area contributed by atoms with Crippen LogP contribution < -0.4 is 15.4 Å². The van der Waals surface area contributed by atoms with Crippen LogP contribution in [0.5, 0.6) is 5.88 Å². The molecule has 1 aromatic carbocycles. The Morgan fingerprint density at radius 2 is 1.90 bits per heavy atom. The van der Waals surface area contributed by atoms with Crippen molar-refractivity contribution < 1.29 is 9.53 Å². The SMILES string of the molecule is CCN1CCC(Nc2ccc3nc4n(c3c2)C(C2CC2)CCCOc2c(cnn2C)-c2cc(cc(C)n2)C(=O)N4)CC1. The maximum absolute atomic E-state index is 13.8. The van der Waals surface area contributed by atoms with Crippen LogP contribution in [0.3, 0.4) is 0 Å². The zero-order valence-corrected chi connectivity index (χ0v) is 24.8. The van der Waals surface area contributed by atoms with Gasteiger partial charge in [0, 0.05) is 49.2 Å². The van der Waals surface area contributed by atoms with Gasteiger partial charge in [-0.1, -0.05) is 6.92 Å². The molecule has 220 valence electrons. The number of ether oxygens (including phenoxy) is 1.